The van der Waals surface area contributed by atoms with Crippen LogP contribution in [0.25, 0.3) is 55.7 Å². The van der Waals surface area contributed by atoms with E-state index in [0.29, 0.717) is 39.6 Å². The Balaban J connectivity index is 1.30. The van der Waals surface area contributed by atoms with Crippen LogP contribution in [0.2, 0.25) is 0 Å². The fraction of sp³-hybridized carbons (Fsp3) is 0. The molecule has 1 aliphatic rings. The van der Waals surface area contributed by atoms with Gasteiger partial charge in [0.2, 0.25) is 0 Å². The molecule has 1 unspecified atom stereocenters. The lowest BCUT2D eigenvalue weighted by Crippen LogP contribution is -2.30. The summed E-state index contributed by atoms with van der Waals surface area (Å²) in [6.45, 7) is 0. The SMILES string of the molecule is O=P1(c2ccccc2)c2ccccc2Oc2ccc(-c3nc(-c4cccc5ccccc45)nc(-c4cccc5ccccc45)n3)cc21. The summed E-state index contributed by atoms with van der Waals surface area (Å²) < 4.78 is 21.7. The Labute approximate surface area is 271 Å². The summed E-state index contributed by atoms with van der Waals surface area (Å²) in [4.78, 5) is 15.3. The van der Waals surface area contributed by atoms with Crippen molar-refractivity contribution in [2.24, 2.45) is 0 Å². The lowest BCUT2D eigenvalue weighted by Gasteiger charge is -2.29. The van der Waals surface area contributed by atoms with Crippen LogP contribution in [0.3, 0.4) is 0 Å². The van der Waals surface area contributed by atoms with Gasteiger partial charge in [-0.1, -0.05) is 127 Å². The molecule has 222 valence electrons. The lowest BCUT2D eigenvalue weighted by atomic mass is 10.0. The molecule has 8 aromatic rings. The molecule has 5 nitrogen and oxygen atoms in total. The van der Waals surface area contributed by atoms with Gasteiger partial charge in [-0.05, 0) is 51.9 Å². The van der Waals surface area contributed by atoms with Crippen LogP contribution in [0, 0.1) is 0 Å². The topological polar surface area (TPSA) is 65.0 Å². The highest BCUT2D eigenvalue weighted by atomic mass is 31.2. The molecule has 0 saturated heterocycles. The maximum absolute atomic E-state index is 15.4. The number of aromatic nitrogens is 3. The molecule has 0 spiro atoms. The van der Waals surface area contributed by atoms with Crippen LogP contribution < -0.4 is 20.7 Å². The Morgan fingerprint density at radius 2 is 0.979 bits per heavy atom. The van der Waals surface area contributed by atoms with E-state index in [2.05, 4.69) is 48.5 Å². The predicted octanol–water partition coefficient (Wildman–Crippen LogP) is 8.92. The molecule has 0 bridgehead atoms. The van der Waals surface area contributed by atoms with Gasteiger partial charge in [0.05, 0.1) is 10.6 Å². The van der Waals surface area contributed by atoms with Crippen LogP contribution in [0.1, 0.15) is 0 Å². The highest BCUT2D eigenvalue weighted by molar-refractivity contribution is 7.85. The van der Waals surface area contributed by atoms with E-state index in [4.69, 9.17) is 19.7 Å². The largest absolute Gasteiger partial charge is 0.456 e. The van der Waals surface area contributed by atoms with E-state index in [9.17, 15) is 0 Å². The zero-order valence-electron chi connectivity index (χ0n) is 25.1. The van der Waals surface area contributed by atoms with Crippen molar-refractivity contribution in [3.63, 3.8) is 0 Å². The predicted molar refractivity (Wildman–Crippen MR) is 191 cm³/mol. The summed E-state index contributed by atoms with van der Waals surface area (Å²) in [5.41, 5.74) is 2.56. The number of hydrogen-bond acceptors (Lipinski definition) is 5. The summed E-state index contributed by atoms with van der Waals surface area (Å²) in [7, 11) is -3.29. The van der Waals surface area contributed by atoms with E-state index in [-0.39, 0.29) is 0 Å². The van der Waals surface area contributed by atoms with Crippen LogP contribution in [0.5, 0.6) is 11.5 Å². The van der Waals surface area contributed by atoms with Gasteiger partial charge in [-0.2, -0.15) is 0 Å². The Kier molecular flexibility index (Phi) is 6.34. The highest BCUT2D eigenvalue weighted by Crippen LogP contribution is 2.52. The summed E-state index contributed by atoms with van der Waals surface area (Å²) in [5, 5.41) is 6.37. The van der Waals surface area contributed by atoms with Crippen molar-refractivity contribution in [3.8, 4) is 45.7 Å². The zero-order chi connectivity index (χ0) is 31.4. The molecule has 9 rings (SSSR count). The minimum absolute atomic E-state index is 0.493. The molecule has 1 atom stereocenters. The second-order valence-corrected chi connectivity index (χ2v) is 14.3. The zero-order valence-corrected chi connectivity index (χ0v) is 26.0. The molecule has 7 aromatic carbocycles. The van der Waals surface area contributed by atoms with Crippen molar-refractivity contribution in [1.82, 2.24) is 15.0 Å². The maximum atomic E-state index is 15.4. The second kappa shape index (κ2) is 10.9. The standard InChI is InChI=1S/C41H26N3O2P/c45-47(30-16-2-1-3-17-30)37-23-9-8-22-35(37)46-36-25-24-29(26-38(36)47)39-42-40(33-20-10-14-27-12-4-6-18-31(27)33)44-41(43-39)34-21-11-15-28-13-5-7-19-32(28)34/h1-26H. The summed E-state index contributed by atoms with van der Waals surface area (Å²) in [6.07, 6.45) is 0. The minimum atomic E-state index is -3.29. The smallest absolute Gasteiger partial charge is 0.178 e. The van der Waals surface area contributed by atoms with Crippen molar-refractivity contribution in [2.45, 2.75) is 0 Å². The van der Waals surface area contributed by atoms with E-state index >= 15 is 4.57 Å². The van der Waals surface area contributed by atoms with Gasteiger partial charge in [0, 0.05) is 22.0 Å². The molecule has 6 heteroatoms. The Morgan fingerprint density at radius 3 is 1.66 bits per heavy atom. The fourth-order valence-corrected chi connectivity index (χ4v) is 9.43. The van der Waals surface area contributed by atoms with E-state index in [1.165, 1.54) is 0 Å². The van der Waals surface area contributed by atoms with Crippen LogP contribution in [0.4, 0.5) is 0 Å². The molecular formula is C41H26N3O2P. The average Bonchev–Trinajstić information content (AvgIpc) is 3.14. The van der Waals surface area contributed by atoms with Gasteiger partial charge in [-0.15, -0.1) is 0 Å². The van der Waals surface area contributed by atoms with E-state index in [1.807, 2.05) is 109 Å². The monoisotopic (exact) mass is 623 g/mol. The molecule has 0 radical (unpaired) electrons. The van der Waals surface area contributed by atoms with Crippen LogP contribution >= 0.6 is 7.14 Å². The average molecular weight is 624 g/mol. The number of hydrogen-bond donors (Lipinski definition) is 0. The van der Waals surface area contributed by atoms with Gasteiger partial charge in [-0.3, -0.25) is 0 Å². The molecule has 1 aromatic heterocycles. The van der Waals surface area contributed by atoms with Crippen LogP contribution in [-0.4, -0.2) is 15.0 Å². The summed E-state index contributed by atoms with van der Waals surface area (Å²) >= 11 is 0. The Morgan fingerprint density at radius 1 is 0.447 bits per heavy atom. The number of ether oxygens (including phenoxy) is 1. The molecule has 0 N–H and O–H groups in total. The number of benzene rings is 7. The normalized spacial score (nSPS) is 15.1. The quantitative estimate of drug-likeness (QED) is 0.183. The molecular weight excluding hydrogens is 597 g/mol. The fourth-order valence-electron chi connectivity index (χ4n) is 6.54. The molecule has 47 heavy (non-hydrogen) atoms. The first-order chi connectivity index (χ1) is 23.2. The van der Waals surface area contributed by atoms with Crippen LogP contribution in [0.15, 0.2) is 158 Å². The molecule has 0 saturated carbocycles. The van der Waals surface area contributed by atoms with Crippen molar-refractivity contribution >= 4 is 44.6 Å². The van der Waals surface area contributed by atoms with E-state index in [0.717, 1.165) is 43.5 Å². The summed E-state index contributed by atoms with van der Waals surface area (Å²) in [5.74, 6) is 2.81. The van der Waals surface area contributed by atoms with Gasteiger partial charge in [0.15, 0.2) is 24.6 Å². The first-order valence-electron chi connectivity index (χ1n) is 15.5. The molecule has 0 aliphatic carbocycles. The van der Waals surface area contributed by atoms with E-state index in [1.54, 1.807) is 0 Å². The van der Waals surface area contributed by atoms with Crippen molar-refractivity contribution in [1.29, 1.82) is 0 Å². The number of nitrogens with zero attached hydrogens (tertiary/aromatic N) is 3. The first-order valence-corrected chi connectivity index (χ1v) is 17.2. The van der Waals surface area contributed by atoms with Gasteiger partial charge in [0.25, 0.3) is 0 Å². The Bertz CT molecular complexity index is 2440. The van der Waals surface area contributed by atoms with Gasteiger partial charge < -0.3 is 9.30 Å². The van der Waals surface area contributed by atoms with Crippen molar-refractivity contribution in [2.75, 3.05) is 0 Å². The number of para-hydroxylation sites is 1. The maximum Gasteiger partial charge on any atom is 0.178 e. The molecule has 0 fully saturated rings. The van der Waals surface area contributed by atoms with Gasteiger partial charge in [-0.25, -0.2) is 15.0 Å². The third-order valence-electron chi connectivity index (χ3n) is 8.80. The second-order valence-electron chi connectivity index (χ2n) is 11.6. The molecule has 0 amide bonds. The van der Waals surface area contributed by atoms with Crippen LogP contribution in [-0.2, 0) is 4.57 Å². The third-order valence-corrected chi connectivity index (χ3v) is 11.9. The highest BCUT2D eigenvalue weighted by Gasteiger charge is 2.39. The van der Waals surface area contributed by atoms with E-state index < -0.39 is 7.14 Å². The lowest BCUT2D eigenvalue weighted by molar-refractivity contribution is 0.485. The first kappa shape index (κ1) is 27.4. The number of rotatable bonds is 4. The van der Waals surface area contributed by atoms with Crippen molar-refractivity contribution < 1.29 is 9.30 Å². The summed E-state index contributed by atoms with van der Waals surface area (Å²) in [6, 6.07) is 51.8. The minimum Gasteiger partial charge on any atom is -0.456 e. The Hall–Kier alpha value is -5.90. The van der Waals surface area contributed by atoms with Crippen molar-refractivity contribution in [3.05, 3.63) is 158 Å². The number of fused-ring (bicyclic) bond motifs is 4. The molecule has 2 heterocycles. The van der Waals surface area contributed by atoms with Gasteiger partial charge >= 0.3 is 0 Å². The molecule has 1 aliphatic heterocycles. The third kappa shape index (κ3) is 4.47. The van der Waals surface area contributed by atoms with Gasteiger partial charge in [0.1, 0.15) is 11.5 Å².